The molecule has 4 rings (SSSR count). The number of furan rings is 1. The van der Waals surface area contributed by atoms with Gasteiger partial charge in [-0.2, -0.15) is 0 Å². The molecule has 0 radical (unpaired) electrons. The van der Waals surface area contributed by atoms with Crippen LogP contribution in [0.1, 0.15) is 45.9 Å². The second-order valence-electron chi connectivity index (χ2n) is 8.46. The maximum Gasteiger partial charge on any atom is 0.255 e. The van der Waals surface area contributed by atoms with Crippen molar-refractivity contribution in [2.75, 3.05) is 26.2 Å². The minimum atomic E-state index is 0.0416. The zero-order valence-corrected chi connectivity index (χ0v) is 18.9. The first-order valence-corrected chi connectivity index (χ1v) is 11.3. The van der Waals surface area contributed by atoms with E-state index in [1.807, 2.05) is 60.0 Å². The monoisotopic (exact) mass is 433 g/mol. The lowest BCUT2D eigenvalue weighted by Gasteiger charge is -2.35. The highest BCUT2D eigenvalue weighted by Gasteiger charge is 2.27. The summed E-state index contributed by atoms with van der Waals surface area (Å²) in [6.45, 7) is 6.95. The average molecular weight is 434 g/mol. The summed E-state index contributed by atoms with van der Waals surface area (Å²) in [4.78, 5) is 29.5. The Bertz CT molecular complexity index is 1050. The molecule has 3 aromatic rings. The number of hydrogen-bond acceptors (Lipinski definition) is 3. The Morgan fingerprint density at radius 2 is 1.66 bits per heavy atom. The third-order valence-electron chi connectivity index (χ3n) is 6.32. The van der Waals surface area contributed by atoms with Gasteiger partial charge in [-0.15, -0.1) is 0 Å². The van der Waals surface area contributed by atoms with E-state index < -0.39 is 0 Å². The number of aromatic nitrogens is 1. The van der Waals surface area contributed by atoms with Gasteiger partial charge in [0.1, 0.15) is 5.76 Å². The number of hydrogen-bond donors (Lipinski definition) is 0. The third-order valence-corrected chi connectivity index (χ3v) is 6.32. The number of carbonyl (C=O) groups is 2. The lowest BCUT2D eigenvalue weighted by Crippen LogP contribution is -2.50. The van der Waals surface area contributed by atoms with E-state index in [1.165, 1.54) is 5.56 Å². The molecule has 3 heterocycles. The van der Waals surface area contributed by atoms with E-state index in [-0.39, 0.29) is 11.8 Å². The summed E-state index contributed by atoms with van der Waals surface area (Å²) in [5.74, 6) is 1.09. The van der Waals surface area contributed by atoms with Crippen LogP contribution < -0.4 is 0 Å². The Morgan fingerprint density at radius 1 is 0.938 bits per heavy atom. The summed E-state index contributed by atoms with van der Waals surface area (Å²) in [5.41, 5.74) is 3.98. The molecule has 0 N–H and O–H groups in total. The van der Waals surface area contributed by atoms with Gasteiger partial charge in [0.15, 0.2) is 0 Å². The Labute approximate surface area is 189 Å². The second kappa shape index (κ2) is 9.90. The maximum absolute atomic E-state index is 13.2. The Morgan fingerprint density at radius 3 is 2.34 bits per heavy atom. The number of nitrogens with zero attached hydrogens (tertiary/aromatic N) is 3. The average Bonchev–Trinajstić information content (AvgIpc) is 3.43. The summed E-state index contributed by atoms with van der Waals surface area (Å²) in [6.07, 6.45) is 3.98. The highest BCUT2D eigenvalue weighted by molar-refractivity contribution is 5.96. The third kappa shape index (κ3) is 4.96. The fraction of sp³-hybridized carbons (Fsp3) is 0.385. The van der Waals surface area contributed by atoms with Crippen molar-refractivity contribution >= 4 is 11.8 Å². The van der Waals surface area contributed by atoms with Crippen LogP contribution >= 0.6 is 0 Å². The van der Waals surface area contributed by atoms with Gasteiger partial charge in [0.25, 0.3) is 5.91 Å². The van der Waals surface area contributed by atoms with Crippen molar-refractivity contribution in [3.63, 3.8) is 0 Å². The lowest BCUT2D eigenvalue weighted by atomic mass is 10.1. The van der Waals surface area contributed by atoms with E-state index in [2.05, 4.69) is 16.7 Å². The molecule has 0 bridgehead atoms. The molecule has 0 unspecified atom stereocenters. The van der Waals surface area contributed by atoms with Crippen LogP contribution in [0.3, 0.4) is 0 Å². The van der Waals surface area contributed by atoms with Crippen molar-refractivity contribution in [1.82, 2.24) is 14.4 Å². The number of amides is 2. The molecule has 32 heavy (non-hydrogen) atoms. The Balaban J connectivity index is 1.29. The van der Waals surface area contributed by atoms with Gasteiger partial charge in [0.2, 0.25) is 5.91 Å². The first-order valence-electron chi connectivity index (χ1n) is 11.3. The van der Waals surface area contributed by atoms with Crippen molar-refractivity contribution < 1.29 is 14.0 Å². The van der Waals surface area contributed by atoms with Crippen LogP contribution in [0.15, 0.2) is 59.2 Å². The van der Waals surface area contributed by atoms with E-state index in [4.69, 9.17) is 4.42 Å². The predicted molar refractivity (Wildman–Crippen MR) is 124 cm³/mol. The van der Waals surface area contributed by atoms with Gasteiger partial charge in [-0.3, -0.25) is 9.59 Å². The Kier molecular flexibility index (Phi) is 6.78. The van der Waals surface area contributed by atoms with E-state index in [0.717, 1.165) is 35.6 Å². The Hall–Kier alpha value is -3.28. The van der Waals surface area contributed by atoms with Gasteiger partial charge >= 0.3 is 0 Å². The van der Waals surface area contributed by atoms with Gasteiger partial charge in [-0.05, 0) is 50.5 Å². The second-order valence-corrected chi connectivity index (χ2v) is 8.46. The first kappa shape index (κ1) is 21.9. The summed E-state index contributed by atoms with van der Waals surface area (Å²) in [6, 6.07) is 16.0. The molecule has 6 nitrogen and oxygen atoms in total. The molecule has 0 atom stereocenters. The molecule has 1 aliphatic heterocycles. The van der Waals surface area contributed by atoms with E-state index in [9.17, 15) is 9.59 Å². The van der Waals surface area contributed by atoms with Crippen molar-refractivity contribution in [2.24, 2.45) is 0 Å². The van der Waals surface area contributed by atoms with Crippen LogP contribution in [0.4, 0.5) is 0 Å². The number of carbonyl (C=O) groups excluding carboxylic acids is 2. The van der Waals surface area contributed by atoms with Crippen molar-refractivity contribution in [2.45, 2.75) is 39.7 Å². The van der Waals surface area contributed by atoms with Crippen LogP contribution in [0.2, 0.25) is 0 Å². The fourth-order valence-electron chi connectivity index (χ4n) is 4.40. The lowest BCUT2D eigenvalue weighted by molar-refractivity contribution is -0.132. The summed E-state index contributed by atoms with van der Waals surface area (Å²) in [5, 5.41) is 0. The van der Waals surface area contributed by atoms with Crippen molar-refractivity contribution in [3.05, 3.63) is 83.1 Å². The van der Waals surface area contributed by atoms with Crippen molar-refractivity contribution in [1.29, 1.82) is 0 Å². The minimum Gasteiger partial charge on any atom is -0.467 e. The number of benzene rings is 1. The van der Waals surface area contributed by atoms with Crippen LogP contribution in [0, 0.1) is 13.8 Å². The highest BCUT2D eigenvalue weighted by atomic mass is 16.3. The van der Waals surface area contributed by atoms with E-state index in [1.54, 1.807) is 6.26 Å². The van der Waals surface area contributed by atoms with Crippen LogP contribution in [0.5, 0.6) is 0 Å². The zero-order chi connectivity index (χ0) is 22.5. The standard InChI is InChI=1S/C26H31N3O3/c1-20-18-24(21(2)29(20)19-23-11-7-17-32-23)26(31)28-15-13-27(14-16-28)25(30)12-6-10-22-8-4-3-5-9-22/h3-5,7-9,11,17-18H,6,10,12-16,19H2,1-2H3. The smallest absolute Gasteiger partial charge is 0.255 e. The van der Waals surface area contributed by atoms with Gasteiger partial charge in [-0.1, -0.05) is 30.3 Å². The molecular formula is C26H31N3O3. The van der Waals surface area contributed by atoms with Crippen LogP contribution in [-0.2, 0) is 17.8 Å². The minimum absolute atomic E-state index is 0.0416. The molecule has 1 aliphatic rings. The first-order chi connectivity index (χ1) is 15.5. The van der Waals surface area contributed by atoms with E-state index >= 15 is 0 Å². The molecule has 1 fully saturated rings. The molecule has 0 spiro atoms. The van der Waals surface area contributed by atoms with Crippen LogP contribution in [-0.4, -0.2) is 52.4 Å². The largest absolute Gasteiger partial charge is 0.467 e. The van der Waals surface area contributed by atoms with Crippen LogP contribution in [0.25, 0.3) is 0 Å². The normalized spacial score (nSPS) is 14.1. The van der Waals surface area contributed by atoms with Gasteiger partial charge in [-0.25, -0.2) is 0 Å². The molecule has 1 saturated heterocycles. The molecule has 168 valence electrons. The summed E-state index contributed by atoms with van der Waals surface area (Å²) < 4.78 is 7.58. The van der Waals surface area contributed by atoms with E-state index in [0.29, 0.717) is 39.1 Å². The van der Waals surface area contributed by atoms with Crippen molar-refractivity contribution in [3.8, 4) is 0 Å². The van der Waals surface area contributed by atoms with Gasteiger partial charge in [0.05, 0.1) is 18.4 Å². The number of rotatable bonds is 7. The SMILES string of the molecule is Cc1cc(C(=O)N2CCN(C(=O)CCCc3ccccc3)CC2)c(C)n1Cc1ccco1. The number of piperazine rings is 1. The fourth-order valence-corrected chi connectivity index (χ4v) is 4.40. The molecule has 6 heteroatoms. The zero-order valence-electron chi connectivity index (χ0n) is 18.9. The van der Waals surface area contributed by atoms with Gasteiger partial charge in [0, 0.05) is 44.0 Å². The predicted octanol–water partition coefficient (Wildman–Crippen LogP) is 4.05. The molecule has 1 aromatic carbocycles. The van der Waals surface area contributed by atoms with Gasteiger partial charge < -0.3 is 18.8 Å². The summed E-state index contributed by atoms with van der Waals surface area (Å²) in [7, 11) is 0. The summed E-state index contributed by atoms with van der Waals surface area (Å²) >= 11 is 0. The maximum atomic E-state index is 13.2. The topological polar surface area (TPSA) is 58.7 Å². The molecule has 0 saturated carbocycles. The quantitative estimate of drug-likeness (QED) is 0.565. The highest BCUT2D eigenvalue weighted by Crippen LogP contribution is 2.20. The molecule has 0 aliphatic carbocycles. The molecule has 2 amide bonds. The molecular weight excluding hydrogens is 402 g/mol. The number of aryl methyl sites for hydroxylation is 2. The molecule has 2 aromatic heterocycles.